The lowest BCUT2D eigenvalue weighted by Gasteiger charge is -2.19. The van der Waals surface area contributed by atoms with Gasteiger partial charge in [-0.3, -0.25) is 0 Å². The Hall–Kier alpha value is -1.92. The highest BCUT2D eigenvalue weighted by molar-refractivity contribution is 7.89. The molecule has 1 saturated heterocycles. The van der Waals surface area contributed by atoms with Crippen LogP contribution in [0.5, 0.6) is 0 Å². The van der Waals surface area contributed by atoms with Gasteiger partial charge in [-0.05, 0) is 60.7 Å². The second kappa shape index (κ2) is 7.54. The van der Waals surface area contributed by atoms with Gasteiger partial charge in [0.2, 0.25) is 10.0 Å². The van der Waals surface area contributed by atoms with E-state index in [0.717, 1.165) is 37.2 Å². The van der Waals surface area contributed by atoms with Gasteiger partial charge in [-0.25, -0.2) is 17.5 Å². The van der Waals surface area contributed by atoms with Gasteiger partial charge in [0.15, 0.2) is 0 Å². The maximum absolute atomic E-state index is 13.0. The molecule has 3 rings (SSSR count). The zero-order chi connectivity index (χ0) is 17.9. The lowest BCUT2D eigenvalue weighted by atomic mass is 10.1. The molecule has 1 unspecified atom stereocenters. The monoisotopic (exact) mass is 362 g/mol. The van der Waals surface area contributed by atoms with E-state index < -0.39 is 10.0 Å². The molecule has 1 aliphatic rings. The minimum absolute atomic E-state index is 0.245. The van der Waals surface area contributed by atoms with Crippen molar-refractivity contribution in [1.82, 2.24) is 4.72 Å². The van der Waals surface area contributed by atoms with Crippen LogP contribution in [0.4, 0.5) is 10.1 Å². The molecule has 0 radical (unpaired) electrons. The molecule has 2 aromatic carbocycles. The quantitative estimate of drug-likeness (QED) is 0.859. The Labute approximate surface area is 148 Å². The lowest BCUT2D eigenvalue weighted by Crippen LogP contribution is -2.31. The molecule has 134 valence electrons. The van der Waals surface area contributed by atoms with Crippen LogP contribution in [0.25, 0.3) is 0 Å². The topological polar surface area (TPSA) is 49.4 Å². The van der Waals surface area contributed by atoms with E-state index >= 15 is 0 Å². The van der Waals surface area contributed by atoms with Crippen LogP contribution in [0.15, 0.2) is 53.4 Å². The van der Waals surface area contributed by atoms with Gasteiger partial charge in [0.25, 0.3) is 0 Å². The number of rotatable bonds is 6. The first kappa shape index (κ1) is 17.9. The Bertz CT molecular complexity index is 804. The van der Waals surface area contributed by atoms with Crippen LogP contribution in [-0.2, 0) is 16.4 Å². The molecule has 0 spiro atoms. The van der Waals surface area contributed by atoms with Crippen molar-refractivity contribution < 1.29 is 12.8 Å². The molecule has 1 fully saturated rings. The van der Waals surface area contributed by atoms with E-state index in [0.29, 0.717) is 11.4 Å². The predicted octanol–water partition coefficient (Wildman–Crippen LogP) is 3.19. The van der Waals surface area contributed by atoms with Crippen molar-refractivity contribution in [2.45, 2.75) is 24.7 Å². The summed E-state index contributed by atoms with van der Waals surface area (Å²) in [5.74, 6) is -0.00362. The molecule has 0 amide bonds. The number of nitrogens with zero attached hydrogens (tertiary/aromatic N) is 1. The summed E-state index contributed by atoms with van der Waals surface area (Å²) in [6, 6.07) is 13.4. The van der Waals surface area contributed by atoms with Gasteiger partial charge < -0.3 is 4.90 Å². The summed E-state index contributed by atoms with van der Waals surface area (Å²) >= 11 is 0. The van der Waals surface area contributed by atoms with Crippen LogP contribution in [0, 0.1) is 11.7 Å². The molecule has 1 heterocycles. The van der Waals surface area contributed by atoms with Gasteiger partial charge in [0, 0.05) is 25.3 Å². The molecule has 1 N–H and O–H groups in total. The molecular formula is C19H23FN2O2S. The second-order valence-corrected chi connectivity index (χ2v) is 8.19. The van der Waals surface area contributed by atoms with Crippen LogP contribution in [0.1, 0.15) is 18.9 Å². The fraction of sp³-hybridized carbons (Fsp3) is 0.368. The van der Waals surface area contributed by atoms with E-state index in [1.807, 2.05) is 19.1 Å². The van der Waals surface area contributed by atoms with Gasteiger partial charge >= 0.3 is 0 Å². The highest BCUT2D eigenvalue weighted by Crippen LogP contribution is 2.24. The van der Waals surface area contributed by atoms with Crippen LogP contribution in [0.3, 0.4) is 0 Å². The summed E-state index contributed by atoms with van der Waals surface area (Å²) in [4.78, 5) is 2.46. The summed E-state index contributed by atoms with van der Waals surface area (Å²) in [6.45, 7) is 4.07. The molecule has 0 aliphatic carbocycles. The average molecular weight is 362 g/mol. The van der Waals surface area contributed by atoms with Gasteiger partial charge in [0.1, 0.15) is 5.82 Å². The zero-order valence-corrected chi connectivity index (χ0v) is 15.1. The number of nitrogens with one attached hydrogen (secondary N) is 1. The normalized spacial score (nSPS) is 17.8. The van der Waals surface area contributed by atoms with Crippen LogP contribution < -0.4 is 9.62 Å². The first-order chi connectivity index (χ1) is 12.0. The SMILES string of the molecule is CCc1ccc(S(=O)(=O)NCC2CCN(c3ccc(F)cc3)C2)cc1. The molecule has 6 heteroatoms. The lowest BCUT2D eigenvalue weighted by molar-refractivity contribution is 0.541. The smallest absolute Gasteiger partial charge is 0.240 e. The molecule has 0 saturated carbocycles. The van der Waals surface area contributed by atoms with Crippen molar-refractivity contribution in [1.29, 1.82) is 0 Å². The Morgan fingerprint density at radius 3 is 2.44 bits per heavy atom. The summed E-state index contributed by atoms with van der Waals surface area (Å²) in [7, 11) is -3.48. The summed E-state index contributed by atoms with van der Waals surface area (Å²) in [5, 5.41) is 0. The van der Waals surface area contributed by atoms with Crippen molar-refractivity contribution in [2.24, 2.45) is 5.92 Å². The number of anilines is 1. The van der Waals surface area contributed by atoms with Gasteiger partial charge in [-0.2, -0.15) is 0 Å². The zero-order valence-electron chi connectivity index (χ0n) is 14.3. The maximum Gasteiger partial charge on any atom is 0.240 e. The Kier molecular flexibility index (Phi) is 5.39. The molecule has 1 aliphatic heterocycles. The van der Waals surface area contributed by atoms with E-state index in [4.69, 9.17) is 0 Å². The van der Waals surface area contributed by atoms with E-state index in [1.54, 1.807) is 24.3 Å². The summed E-state index contributed by atoms with van der Waals surface area (Å²) in [6.07, 6.45) is 1.80. The number of benzene rings is 2. The van der Waals surface area contributed by atoms with Crippen LogP contribution in [0.2, 0.25) is 0 Å². The van der Waals surface area contributed by atoms with Crippen LogP contribution >= 0.6 is 0 Å². The Balaban J connectivity index is 1.57. The minimum Gasteiger partial charge on any atom is -0.371 e. The van der Waals surface area contributed by atoms with Crippen molar-refractivity contribution in [3.05, 3.63) is 59.9 Å². The maximum atomic E-state index is 13.0. The Morgan fingerprint density at radius 2 is 1.80 bits per heavy atom. The van der Waals surface area contributed by atoms with Gasteiger partial charge in [-0.15, -0.1) is 0 Å². The van der Waals surface area contributed by atoms with E-state index in [-0.39, 0.29) is 11.7 Å². The fourth-order valence-corrected chi connectivity index (χ4v) is 4.22. The number of hydrogen-bond donors (Lipinski definition) is 1. The van der Waals surface area contributed by atoms with Gasteiger partial charge in [0.05, 0.1) is 4.90 Å². The van der Waals surface area contributed by atoms with E-state index in [9.17, 15) is 12.8 Å². The molecule has 0 aromatic heterocycles. The summed E-state index contributed by atoms with van der Waals surface area (Å²) in [5.41, 5.74) is 2.09. The van der Waals surface area contributed by atoms with Crippen molar-refractivity contribution >= 4 is 15.7 Å². The molecule has 0 bridgehead atoms. The fourth-order valence-electron chi connectivity index (χ4n) is 3.10. The standard InChI is InChI=1S/C19H23FN2O2S/c1-2-15-3-9-19(10-4-15)25(23,24)21-13-16-11-12-22(14-16)18-7-5-17(20)6-8-18/h3-10,16,21H,2,11-14H2,1H3. The number of hydrogen-bond acceptors (Lipinski definition) is 3. The number of aryl methyl sites for hydroxylation is 1. The van der Waals surface area contributed by atoms with Crippen LogP contribution in [-0.4, -0.2) is 28.1 Å². The number of sulfonamides is 1. The molecule has 1 atom stereocenters. The Morgan fingerprint density at radius 1 is 1.12 bits per heavy atom. The van der Waals surface area contributed by atoms with Crippen molar-refractivity contribution in [2.75, 3.05) is 24.5 Å². The second-order valence-electron chi connectivity index (χ2n) is 6.43. The van der Waals surface area contributed by atoms with E-state index in [2.05, 4.69) is 9.62 Å². The molecular weight excluding hydrogens is 339 g/mol. The molecule has 25 heavy (non-hydrogen) atoms. The van der Waals surface area contributed by atoms with Crippen molar-refractivity contribution in [3.8, 4) is 0 Å². The summed E-state index contributed by atoms with van der Waals surface area (Å²) < 4.78 is 40.6. The van der Waals surface area contributed by atoms with E-state index in [1.165, 1.54) is 12.1 Å². The first-order valence-electron chi connectivity index (χ1n) is 8.57. The predicted molar refractivity (Wildman–Crippen MR) is 97.7 cm³/mol. The third kappa shape index (κ3) is 4.38. The van der Waals surface area contributed by atoms with Crippen molar-refractivity contribution in [3.63, 3.8) is 0 Å². The largest absolute Gasteiger partial charge is 0.371 e. The average Bonchev–Trinajstić information content (AvgIpc) is 3.10. The molecule has 4 nitrogen and oxygen atoms in total. The number of halogens is 1. The highest BCUT2D eigenvalue weighted by atomic mass is 32.2. The highest BCUT2D eigenvalue weighted by Gasteiger charge is 2.24. The first-order valence-corrected chi connectivity index (χ1v) is 10.1. The minimum atomic E-state index is -3.48. The third-order valence-corrected chi connectivity index (χ3v) is 6.12. The third-order valence-electron chi connectivity index (χ3n) is 4.68. The van der Waals surface area contributed by atoms with Gasteiger partial charge in [-0.1, -0.05) is 19.1 Å². The molecule has 2 aromatic rings.